The summed E-state index contributed by atoms with van der Waals surface area (Å²) in [5.41, 5.74) is 1.09. The Morgan fingerprint density at radius 1 is 1.58 bits per heavy atom. The highest BCUT2D eigenvalue weighted by Gasteiger charge is 2.16. The third-order valence-electron chi connectivity index (χ3n) is 3.16. The molecule has 0 spiro atoms. The molecule has 19 heavy (non-hydrogen) atoms. The van der Waals surface area contributed by atoms with E-state index in [9.17, 15) is 4.79 Å². The molecule has 2 heterocycles. The third-order valence-corrected chi connectivity index (χ3v) is 4.30. The maximum absolute atomic E-state index is 11.7. The van der Waals surface area contributed by atoms with Crippen LogP contribution in [0, 0.1) is 13.8 Å². The van der Waals surface area contributed by atoms with Crippen LogP contribution in [0.15, 0.2) is 0 Å². The van der Waals surface area contributed by atoms with Crippen LogP contribution in [0.5, 0.6) is 0 Å². The molecule has 0 bridgehead atoms. The van der Waals surface area contributed by atoms with Gasteiger partial charge in [0.2, 0.25) is 5.91 Å². The molecule has 1 aliphatic heterocycles. The standard InChI is InChI=1S/C13H21N3O2S/c1-9-10(2)19-13(16-9)3-4-15-12(17)7-11-8-18-6-5-14-11/h11,14H,3-8H2,1-2H3,(H,15,17)/t11-/m0/s1. The van der Waals surface area contributed by atoms with E-state index in [1.54, 1.807) is 11.3 Å². The molecule has 1 aromatic rings. The van der Waals surface area contributed by atoms with E-state index in [4.69, 9.17) is 4.74 Å². The second-order valence-corrected chi connectivity index (χ2v) is 6.07. The van der Waals surface area contributed by atoms with Gasteiger partial charge in [0.05, 0.1) is 23.9 Å². The van der Waals surface area contributed by atoms with E-state index in [1.807, 2.05) is 6.92 Å². The average molecular weight is 283 g/mol. The molecule has 2 N–H and O–H groups in total. The van der Waals surface area contributed by atoms with Crippen molar-refractivity contribution in [1.82, 2.24) is 15.6 Å². The van der Waals surface area contributed by atoms with E-state index in [2.05, 4.69) is 22.5 Å². The molecule has 1 aliphatic rings. The minimum Gasteiger partial charge on any atom is -0.378 e. The van der Waals surface area contributed by atoms with Gasteiger partial charge in [-0.05, 0) is 13.8 Å². The number of morpholine rings is 1. The van der Waals surface area contributed by atoms with Crippen molar-refractivity contribution in [2.24, 2.45) is 0 Å². The van der Waals surface area contributed by atoms with Crippen LogP contribution in [-0.4, -0.2) is 43.2 Å². The van der Waals surface area contributed by atoms with Gasteiger partial charge >= 0.3 is 0 Å². The highest BCUT2D eigenvalue weighted by Crippen LogP contribution is 2.16. The van der Waals surface area contributed by atoms with E-state index >= 15 is 0 Å². The smallest absolute Gasteiger partial charge is 0.221 e. The number of rotatable bonds is 5. The van der Waals surface area contributed by atoms with Gasteiger partial charge in [0.25, 0.3) is 0 Å². The summed E-state index contributed by atoms with van der Waals surface area (Å²) >= 11 is 1.71. The summed E-state index contributed by atoms with van der Waals surface area (Å²) in [6.07, 6.45) is 1.29. The van der Waals surface area contributed by atoms with Gasteiger partial charge in [-0.25, -0.2) is 4.98 Å². The zero-order chi connectivity index (χ0) is 13.7. The van der Waals surface area contributed by atoms with Crippen LogP contribution < -0.4 is 10.6 Å². The number of amides is 1. The van der Waals surface area contributed by atoms with Crippen LogP contribution in [0.4, 0.5) is 0 Å². The number of nitrogens with zero attached hydrogens (tertiary/aromatic N) is 1. The van der Waals surface area contributed by atoms with Crippen molar-refractivity contribution in [2.75, 3.05) is 26.3 Å². The van der Waals surface area contributed by atoms with Crippen LogP contribution in [0.2, 0.25) is 0 Å². The summed E-state index contributed by atoms with van der Waals surface area (Å²) in [7, 11) is 0. The SMILES string of the molecule is Cc1nc(CCNC(=O)C[C@H]2COCCN2)sc1C. The van der Waals surface area contributed by atoms with Crippen LogP contribution in [0.3, 0.4) is 0 Å². The van der Waals surface area contributed by atoms with E-state index in [1.165, 1.54) is 4.88 Å². The van der Waals surface area contributed by atoms with Crippen LogP contribution in [-0.2, 0) is 16.0 Å². The maximum atomic E-state index is 11.7. The molecule has 0 radical (unpaired) electrons. The highest BCUT2D eigenvalue weighted by atomic mass is 32.1. The quantitative estimate of drug-likeness (QED) is 0.839. The summed E-state index contributed by atoms with van der Waals surface area (Å²) in [5, 5.41) is 7.30. The van der Waals surface area contributed by atoms with E-state index < -0.39 is 0 Å². The van der Waals surface area contributed by atoms with Gasteiger partial charge in [0.1, 0.15) is 0 Å². The molecule has 1 fully saturated rings. The lowest BCUT2D eigenvalue weighted by Crippen LogP contribution is -2.44. The molecule has 0 unspecified atom stereocenters. The molecule has 5 nitrogen and oxygen atoms in total. The summed E-state index contributed by atoms with van der Waals surface area (Å²) in [5.74, 6) is 0.0769. The van der Waals surface area contributed by atoms with Crippen molar-refractivity contribution >= 4 is 17.2 Å². The molecule has 0 aromatic carbocycles. The van der Waals surface area contributed by atoms with Gasteiger partial charge in [0.15, 0.2) is 0 Å². The zero-order valence-electron chi connectivity index (χ0n) is 11.5. The summed E-state index contributed by atoms with van der Waals surface area (Å²) in [6.45, 7) is 6.93. The van der Waals surface area contributed by atoms with Crippen molar-refractivity contribution in [3.8, 4) is 0 Å². The Hall–Kier alpha value is -0.980. The largest absolute Gasteiger partial charge is 0.378 e. The predicted octanol–water partition coefficient (Wildman–Crippen LogP) is 0.797. The van der Waals surface area contributed by atoms with Crippen molar-refractivity contribution in [3.63, 3.8) is 0 Å². The zero-order valence-corrected chi connectivity index (χ0v) is 12.3. The first-order chi connectivity index (χ1) is 9.15. The van der Waals surface area contributed by atoms with Gasteiger partial charge < -0.3 is 15.4 Å². The van der Waals surface area contributed by atoms with E-state index in [0.29, 0.717) is 19.6 Å². The topological polar surface area (TPSA) is 63.2 Å². The monoisotopic (exact) mass is 283 g/mol. The molecule has 2 rings (SSSR count). The van der Waals surface area contributed by atoms with E-state index in [-0.39, 0.29) is 11.9 Å². The number of carbonyl (C=O) groups is 1. The minimum atomic E-state index is 0.0769. The van der Waals surface area contributed by atoms with E-state index in [0.717, 1.165) is 30.3 Å². The lowest BCUT2D eigenvalue weighted by atomic mass is 10.2. The third kappa shape index (κ3) is 4.56. The van der Waals surface area contributed by atoms with Crippen molar-refractivity contribution in [3.05, 3.63) is 15.6 Å². The van der Waals surface area contributed by atoms with Gasteiger partial charge in [-0.2, -0.15) is 0 Å². The normalized spacial score (nSPS) is 19.4. The van der Waals surface area contributed by atoms with Gasteiger partial charge in [0, 0.05) is 36.9 Å². The fourth-order valence-corrected chi connectivity index (χ4v) is 2.94. The number of aryl methyl sites for hydroxylation is 2. The number of thiazole rings is 1. The Labute approximate surface area is 117 Å². The Morgan fingerprint density at radius 3 is 3.05 bits per heavy atom. The second kappa shape index (κ2) is 6.98. The maximum Gasteiger partial charge on any atom is 0.221 e. The highest BCUT2D eigenvalue weighted by molar-refractivity contribution is 7.11. The summed E-state index contributed by atoms with van der Waals surface area (Å²) < 4.78 is 5.32. The molecule has 1 amide bonds. The number of hydrogen-bond donors (Lipinski definition) is 2. The predicted molar refractivity (Wildman–Crippen MR) is 75.5 cm³/mol. The van der Waals surface area contributed by atoms with Crippen LogP contribution >= 0.6 is 11.3 Å². The van der Waals surface area contributed by atoms with Gasteiger partial charge in [-0.3, -0.25) is 4.79 Å². The minimum absolute atomic E-state index is 0.0769. The molecule has 6 heteroatoms. The number of nitrogens with one attached hydrogen (secondary N) is 2. The Kier molecular flexibility index (Phi) is 5.30. The first kappa shape index (κ1) is 14.4. The lowest BCUT2D eigenvalue weighted by molar-refractivity contribution is -0.122. The number of hydrogen-bond acceptors (Lipinski definition) is 5. The van der Waals surface area contributed by atoms with Gasteiger partial charge in [-0.15, -0.1) is 11.3 Å². The van der Waals surface area contributed by atoms with Crippen molar-refractivity contribution < 1.29 is 9.53 Å². The molecular formula is C13H21N3O2S. The molecule has 0 saturated carbocycles. The van der Waals surface area contributed by atoms with Crippen molar-refractivity contribution in [1.29, 1.82) is 0 Å². The first-order valence-corrected chi connectivity index (χ1v) is 7.47. The fourth-order valence-electron chi connectivity index (χ4n) is 2.00. The molecule has 0 aliphatic carbocycles. The van der Waals surface area contributed by atoms with Gasteiger partial charge in [-0.1, -0.05) is 0 Å². The number of carbonyl (C=O) groups excluding carboxylic acids is 1. The molecule has 1 atom stereocenters. The van der Waals surface area contributed by atoms with Crippen molar-refractivity contribution in [2.45, 2.75) is 32.7 Å². The second-order valence-electron chi connectivity index (χ2n) is 4.78. The molecule has 1 saturated heterocycles. The Balaban J connectivity index is 1.66. The molecule has 106 valence electrons. The summed E-state index contributed by atoms with van der Waals surface area (Å²) in [4.78, 5) is 17.5. The number of ether oxygens (including phenoxy) is 1. The fraction of sp³-hybridized carbons (Fsp3) is 0.692. The average Bonchev–Trinajstić information content (AvgIpc) is 2.70. The van der Waals surface area contributed by atoms with Crippen LogP contribution in [0.1, 0.15) is 22.0 Å². The van der Waals surface area contributed by atoms with Crippen LogP contribution in [0.25, 0.3) is 0 Å². The Bertz CT molecular complexity index is 408. The lowest BCUT2D eigenvalue weighted by Gasteiger charge is -2.23. The molecular weight excluding hydrogens is 262 g/mol. The summed E-state index contributed by atoms with van der Waals surface area (Å²) in [6, 6.07) is 0.151. The first-order valence-electron chi connectivity index (χ1n) is 6.66. The molecule has 1 aromatic heterocycles. The Morgan fingerprint density at radius 2 is 2.42 bits per heavy atom. The number of aromatic nitrogens is 1.